The highest BCUT2D eigenvalue weighted by molar-refractivity contribution is 4.71. The first kappa shape index (κ1) is 17.3. The van der Waals surface area contributed by atoms with Gasteiger partial charge in [-0.15, -0.1) is 13.2 Å². The van der Waals surface area contributed by atoms with Crippen LogP contribution in [-0.4, -0.2) is 24.7 Å². The van der Waals surface area contributed by atoms with E-state index in [1.54, 1.807) is 4.74 Å². The zero-order chi connectivity index (χ0) is 15.0. The minimum atomic E-state index is -6.29. The Balaban J connectivity index is 5.02. The van der Waals surface area contributed by atoms with Gasteiger partial charge in [-0.3, -0.25) is 0 Å². The SMILES string of the molecule is CC(C)C(F)(F)OC(F)(F)C(F)(F)OC(F)(F)F. The van der Waals surface area contributed by atoms with Crippen LogP contribution in [0.5, 0.6) is 0 Å². The monoisotopic (exact) mass is 294 g/mol. The summed E-state index contributed by atoms with van der Waals surface area (Å²) in [5, 5.41) is 0. The lowest BCUT2D eigenvalue weighted by molar-refractivity contribution is -0.532. The molecule has 0 bridgehead atoms. The largest absolute Gasteiger partial charge is 0.527 e. The molecule has 0 aliphatic rings. The average Bonchev–Trinajstić information content (AvgIpc) is 1.95. The molecule has 0 aliphatic heterocycles. The molecule has 0 spiro atoms. The lowest BCUT2D eigenvalue weighted by atomic mass is 10.2. The fourth-order valence-electron chi connectivity index (χ4n) is 0.553. The predicted molar refractivity (Wildman–Crippen MR) is 37.9 cm³/mol. The molecule has 0 amide bonds. The lowest BCUT2D eigenvalue weighted by Crippen LogP contribution is -2.52. The average molecular weight is 294 g/mol. The van der Waals surface area contributed by atoms with Crippen molar-refractivity contribution in [2.75, 3.05) is 0 Å². The first-order valence-corrected chi connectivity index (χ1v) is 4.21. The maximum absolute atomic E-state index is 12.6. The molecular formula is C7H7F9O2. The Morgan fingerprint density at radius 3 is 1.28 bits per heavy atom. The first-order valence-electron chi connectivity index (χ1n) is 4.21. The Labute approximate surface area is 94.6 Å². The Morgan fingerprint density at radius 1 is 0.667 bits per heavy atom. The molecule has 110 valence electrons. The van der Waals surface area contributed by atoms with Gasteiger partial charge < -0.3 is 0 Å². The van der Waals surface area contributed by atoms with Crippen LogP contribution in [0.2, 0.25) is 0 Å². The Hall–Kier alpha value is -0.710. The van der Waals surface area contributed by atoms with Gasteiger partial charge in [0.15, 0.2) is 0 Å². The maximum atomic E-state index is 12.6. The second-order valence-electron chi connectivity index (χ2n) is 3.40. The molecule has 0 fully saturated rings. The Bertz CT molecular complexity index is 283. The predicted octanol–water partition coefficient (Wildman–Crippen LogP) is 3.97. The van der Waals surface area contributed by atoms with E-state index < -0.39 is 30.6 Å². The third-order valence-electron chi connectivity index (χ3n) is 1.52. The van der Waals surface area contributed by atoms with Gasteiger partial charge in [0.25, 0.3) is 0 Å². The van der Waals surface area contributed by atoms with Gasteiger partial charge in [0.05, 0.1) is 0 Å². The highest BCUT2D eigenvalue weighted by Gasteiger charge is 2.68. The molecule has 0 atom stereocenters. The summed E-state index contributed by atoms with van der Waals surface area (Å²) in [6.45, 7) is 1.28. The van der Waals surface area contributed by atoms with Gasteiger partial charge in [-0.2, -0.15) is 26.3 Å². The van der Waals surface area contributed by atoms with E-state index in [4.69, 9.17) is 0 Å². The first-order chi connectivity index (χ1) is 7.61. The van der Waals surface area contributed by atoms with Crippen molar-refractivity contribution in [3.8, 4) is 0 Å². The second-order valence-corrected chi connectivity index (χ2v) is 3.40. The van der Waals surface area contributed by atoms with Crippen molar-refractivity contribution < 1.29 is 49.0 Å². The molecule has 0 unspecified atom stereocenters. The minimum absolute atomic E-state index is 0.638. The summed E-state index contributed by atoms with van der Waals surface area (Å²) in [4.78, 5) is 0. The minimum Gasteiger partial charge on any atom is -0.248 e. The van der Waals surface area contributed by atoms with Crippen molar-refractivity contribution in [2.45, 2.75) is 38.5 Å². The lowest BCUT2D eigenvalue weighted by Gasteiger charge is -2.30. The Kier molecular flexibility index (Phi) is 4.57. The smallest absolute Gasteiger partial charge is 0.248 e. The number of hydrogen-bond acceptors (Lipinski definition) is 2. The van der Waals surface area contributed by atoms with Crippen molar-refractivity contribution in [3.63, 3.8) is 0 Å². The normalized spacial score (nSPS) is 15.3. The van der Waals surface area contributed by atoms with Crippen LogP contribution in [0.15, 0.2) is 0 Å². The van der Waals surface area contributed by atoms with Gasteiger partial charge in [0.1, 0.15) is 0 Å². The van der Waals surface area contributed by atoms with Gasteiger partial charge in [-0.25, -0.2) is 9.47 Å². The molecule has 0 radical (unpaired) electrons. The van der Waals surface area contributed by atoms with E-state index in [2.05, 4.69) is 4.74 Å². The van der Waals surface area contributed by atoms with E-state index in [0.717, 1.165) is 0 Å². The van der Waals surface area contributed by atoms with Crippen LogP contribution < -0.4 is 0 Å². The molecule has 11 heteroatoms. The van der Waals surface area contributed by atoms with Gasteiger partial charge in [0.2, 0.25) is 0 Å². The summed E-state index contributed by atoms with van der Waals surface area (Å²) in [5.74, 6) is -1.97. The zero-order valence-corrected chi connectivity index (χ0v) is 8.80. The highest BCUT2D eigenvalue weighted by Crippen LogP contribution is 2.44. The number of halogens is 9. The van der Waals surface area contributed by atoms with Crippen molar-refractivity contribution in [1.82, 2.24) is 0 Å². The van der Waals surface area contributed by atoms with Crippen LogP contribution in [0.4, 0.5) is 39.5 Å². The molecule has 0 rings (SSSR count). The van der Waals surface area contributed by atoms with Gasteiger partial charge >= 0.3 is 24.7 Å². The summed E-state index contributed by atoms with van der Waals surface area (Å²) in [7, 11) is 0. The van der Waals surface area contributed by atoms with E-state index in [1.165, 1.54) is 0 Å². The van der Waals surface area contributed by atoms with Crippen molar-refractivity contribution in [1.29, 1.82) is 0 Å². The topological polar surface area (TPSA) is 18.5 Å². The van der Waals surface area contributed by atoms with Crippen LogP contribution in [0, 0.1) is 5.92 Å². The zero-order valence-electron chi connectivity index (χ0n) is 8.80. The summed E-state index contributed by atoms with van der Waals surface area (Å²) in [6.07, 6.45) is -23.4. The molecule has 0 aromatic carbocycles. The Morgan fingerprint density at radius 2 is 1.00 bits per heavy atom. The molecule has 0 aliphatic carbocycles. The van der Waals surface area contributed by atoms with E-state index in [0.29, 0.717) is 13.8 Å². The molecule has 0 saturated heterocycles. The summed E-state index contributed by atoms with van der Waals surface area (Å²) in [6, 6.07) is 0. The van der Waals surface area contributed by atoms with E-state index in [1.807, 2.05) is 0 Å². The second kappa shape index (κ2) is 4.76. The standard InChI is InChI=1S/C7H7F9O2/c1-3(2)4(8,9)17-5(10,11)6(12,13)18-7(14,15)16/h3H,1-2H3. The van der Waals surface area contributed by atoms with E-state index >= 15 is 0 Å². The van der Waals surface area contributed by atoms with Crippen LogP contribution in [0.1, 0.15) is 13.8 Å². The molecule has 18 heavy (non-hydrogen) atoms. The molecule has 0 aromatic heterocycles. The summed E-state index contributed by atoms with van der Waals surface area (Å²) in [5.41, 5.74) is 0. The molecular weight excluding hydrogens is 287 g/mol. The highest BCUT2D eigenvalue weighted by atomic mass is 19.4. The number of rotatable bonds is 5. The quantitative estimate of drug-likeness (QED) is 0.714. The summed E-state index contributed by atoms with van der Waals surface area (Å²) < 4.78 is 113. The maximum Gasteiger partial charge on any atom is 0.527 e. The molecule has 2 nitrogen and oxygen atoms in total. The third-order valence-corrected chi connectivity index (χ3v) is 1.52. The van der Waals surface area contributed by atoms with Gasteiger partial charge in [-0.1, -0.05) is 13.8 Å². The third kappa shape index (κ3) is 4.52. The molecule has 0 N–H and O–H groups in total. The van der Waals surface area contributed by atoms with Gasteiger partial charge in [-0.05, 0) is 0 Å². The van der Waals surface area contributed by atoms with E-state index in [9.17, 15) is 39.5 Å². The van der Waals surface area contributed by atoms with Crippen LogP contribution >= 0.6 is 0 Å². The summed E-state index contributed by atoms with van der Waals surface area (Å²) >= 11 is 0. The molecule has 0 saturated carbocycles. The number of ether oxygens (including phenoxy) is 2. The van der Waals surface area contributed by atoms with E-state index in [-0.39, 0.29) is 0 Å². The van der Waals surface area contributed by atoms with Crippen molar-refractivity contribution in [2.24, 2.45) is 5.92 Å². The van der Waals surface area contributed by atoms with Crippen LogP contribution in [-0.2, 0) is 9.47 Å². The van der Waals surface area contributed by atoms with Crippen molar-refractivity contribution >= 4 is 0 Å². The number of alkyl halides is 9. The fourth-order valence-corrected chi connectivity index (χ4v) is 0.553. The molecule has 0 aromatic rings. The fraction of sp³-hybridized carbons (Fsp3) is 1.00. The van der Waals surface area contributed by atoms with Crippen LogP contribution in [0.25, 0.3) is 0 Å². The van der Waals surface area contributed by atoms with Crippen molar-refractivity contribution in [3.05, 3.63) is 0 Å². The number of hydrogen-bond donors (Lipinski definition) is 0. The van der Waals surface area contributed by atoms with Gasteiger partial charge in [0, 0.05) is 5.92 Å². The molecule has 0 heterocycles. The van der Waals surface area contributed by atoms with Crippen LogP contribution in [0.3, 0.4) is 0 Å².